The minimum atomic E-state index is -3.57. The summed E-state index contributed by atoms with van der Waals surface area (Å²) in [5.74, 6) is 0. The molecule has 0 aliphatic carbocycles. The lowest BCUT2D eigenvalue weighted by molar-refractivity contribution is 0.314. The van der Waals surface area contributed by atoms with Crippen LogP contribution in [-0.4, -0.2) is 40.0 Å². The molecule has 18 heavy (non-hydrogen) atoms. The molecule has 0 bridgehead atoms. The summed E-state index contributed by atoms with van der Waals surface area (Å²) in [6.07, 6.45) is 0. The Morgan fingerprint density at radius 2 is 2.06 bits per heavy atom. The highest BCUT2D eigenvalue weighted by Crippen LogP contribution is 2.22. The summed E-state index contributed by atoms with van der Waals surface area (Å²) < 4.78 is 27.4. The molecule has 0 saturated heterocycles. The van der Waals surface area contributed by atoms with Crippen LogP contribution in [0.25, 0.3) is 0 Å². The summed E-state index contributed by atoms with van der Waals surface area (Å²) in [6, 6.07) is 4.87. The van der Waals surface area contributed by atoms with E-state index < -0.39 is 10.0 Å². The van der Waals surface area contributed by atoms with E-state index in [1.54, 1.807) is 12.1 Å². The normalized spacial score (nSPS) is 13.8. The lowest BCUT2D eigenvalue weighted by Gasteiger charge is -2.20. The first-order chi connectivity index (χ1) is 8.24. The zero-order chi connectivity index (χ0) is 13.9. The third kappa shape index (κ3) is 3.94. The number of nitrogen functional groups attached to an aromatic ring is 1. The molecule has 0 aliphatic heterocycles. The second kappa shape index (κ2) is 6.01. The van der Waals surface area contributed by atoms with Gasteiger partial charge in [0.1, 0.15) is 4.90 Å². The second-order valence-corrected chi connectivity index (χ2v) is 7.00. The minimum Gasteiger partial charge on any atom is -0.398 e. The van der Waals surface area contributed by atoms with E-state index in [-0.39, 0.29) is 16.6 Å². The highest BCUT2D eigenvalue weighted by molar-refractivity contribution is 9.10. The molecule has 3 N–H and O–H groups in total. The fourth-order valence-corrected chi connectivity index (χ4v) is 3.02. The number of rotatable bonds is 5. The van der Waals surface area contributed by atoms with Crippen LogP contribution in [0.1, 0.15) is 6.92 Å². The molecule has 102 valence electrons. The van der Waals surface area contributed by atoms with Crippen LogP contribution >= 0.6 is 15.9 Å². The van der Waals surface area contributed by atoms with E-state index in [0.717, 1.165) is 0 Å². The lowest BCUT2D eigenvalue weighted by Crippen LogP contribution is -2.38. The van der Waals surface area contributed by atoms with Crippen LogP contribution in [0.5, 0.6) is 0 Å². The maximum Gasteiger partial charge on any atom is 0.242 e. The summed E-state index contributed by atoms with van der Waals surface area (Å²) in [4.78, 5) is 2.04. The van der Waals surface area contributed by atoms with Crippen molar-refractivity contribution in [3.63, 3.8) is 0 Å². The summed E-state index contributed by atoms with van der Waals surface area (Å²) in [7, 11) is 0.217. The van der Waals surface area contributed by atoms with Gasteiger partial charge in [-0.2, -0.15) is 0 Å². The molecule has 0 radical (unpaired) electrons. The second-order valence-electron chi connectivity index (χ2n) is 4.35. The van der Waals surface area contributed by atoms with E-state index in [4.69, 9.17) is 5.73 Å². The van der Waals surface area contributed by atoms with Crippen molar-refractivity contribution < 1.29 is 8.42 Å². The van der Waals surface area contributed by atoms with Gasteiger partial charge in [-0.15, -0.1) is 0 Å². The summed E-state index contributed by atoms with van der Waals surface area (Å²) in [6.45, 7) is 2.27. The Morgan fingerprint density at radius 1 is 1.44 bits per heavy atom. The van der Waals surface area contributed by atoms with E-state index in [9.17, 15) is 8.42 Å². The molecule has 1 unspecified atom stereocenters. The Hall–Kier alpha value is -0.630. The third-order valence-corrected chi connectivity index (χ3v) is 4.69. The summed E-state index contributed by atoms with van der Waals surface area (Å²) in [5.41, 5.74) is 5.93. The van der Waals surface area contributed by atoms with Gasteiger partial charge in [0.2, 0.25) is 10.0 Å². The first-order valence-corrected chi connectivity index (χ1v) is 7.73. The number of hydrogen-bond donors (Lipinski definition) is 2. The maximum atomic E-state index is 12.1. The number of likely N-dealkylation sites (N-methyl/N-ethyl adjacent to an activating group) is 1. The smallest absolute Gasteiger partial charge is 0.242 e. The molecule has 7 heteroatoms. The number of benzene rings is 1. The summed E-state index contributed by atoms with van der Waals surface area (Å²) in [5, 5.41) is 0. The van der Waals surface area contributed by atoms with E-state index in [1.165, 1.54) is 6.07 Å². The van der Waals surface area contributed by atoms with Gasteiger partial charge < -0.3 is 10.6 Å². The van der Waals surface area contributed by atoms with Crippen molar-refractivity contribution in [3.8, 4) is 0 Å². The molecule has 0 aliphatic rings. The standard InChI is InChI=1S/C11H18BrN3O2S/c1-8(15(2)3)7-14-18(16,17)11-6-9(12)4-5-10(11)13/h4-6,8,14H,7,13H2,1-3H3. The molecule has 0 aromatic heterocycles. The zero-order valence-electron chi connectivity index (χ0n) is 10.6. The average Bonchev–Trinajstić information content (AvgIpc) is 2.29. The zero-order valence-corrected chi connectivity index (χ0v) is 13.0. The molecule has 0 amide bonds. The molecule has 0 fully saturated rings. The average molecular weight is 336 g/mol. The predicted octanol–water partition coefficient (Wildman–Crippen LogP) is 1.26. The van der Waals surface area contributed by atoms with Gasteiger partial charge >= 0.3 is 0 Å². The Morgan fingerprint density at radius 3 is 2.61 bits per heavy atom. The number of halogens is 1. The van der Waals surface area contributed by atoms with Gasteiger partial charge in [0.25, 0.3) is 0 Å². The SMILES string of the molecule is CC(CNS(=O)(=O)c1cc(Br)ccc1N)N(C)C. The van der Waals surface area contributed by atoms with Crippen molar-refractivity contribution in [2.75, 3.05) is 26.4 Å². The molecule has 1 aromatic rings. The van der Waals surface area contributed by atoms with Crippen LogP contribution in [0.2, 0.25) is 0 Å². The molecule has 0 heterocycles. The van der Waals surface area contributed by atoms with Crippen LogP contribution in [0.3, 0.4) is 0 Å². The van der Waals surface area contributed by atoms with E-state index in [1.807, 2.05) is 25.9 Å². The molecule has 0 spiro atoms. The van der Waals surface area contributed by atoms with Gasteiger partial charge in [-0.25, -0.2) is 13.1 Å². The van der Waals surface area contributed by atoms with Crippen LogP contribution in [0.4, 0.5) is 5.69 Å². The minimum absolute atomic E-state index is 0.0998. The highest BCUT2D eigenvalue weighted by atomic mass is 79.9. The Balaban J connectivity index is 2.90. The Labute approximate surface area is 117 Å². The predicted molar refractivity (Wildman–Crippen MR) is 76.9 cm³/mol. The van der Waals surface area contributed by atoms with Crippen molar-refractivity contribution in [3.05, 3.63) is 22.7 Å². The lowest BCUT2D eigenvalue weighted by atomic mass is 10.3. The largest absolute Gasteiger partial charge is 0.398 e. The first kappa shape index (κ1) is 15.4. The van der Waals surface area contributed by atoms with Crippen LogP contribution in [-0.2, 0) is 10.0 Å². The van der Waals surface area contributed by atoms with E-state index in [2.05, 4.69) is 20.7 Å². The maximum absolute atomic E-state index is 12.1. The molecule has 1 atom stereocenters. The Kier molecular flexibility index (Phi) is 5.15. The van der Waals surface area contributed by atoms with Crippen molar-refractivity contribution >= 4 is 31.6 Å². The monoisotopic (exact) mass is 335 g/mol. The van der Waals surface area contributed by atoms with Crippen LogP contribution < -0.4 is 10.5 Å². The highest BCUT2D eigenvalue weighted by Gasteiger charge is 2.18. The molecule has 0 saturated carbocycles. The Bertz CT molecular complexity index is 517. The molecule has 1 aromatic carbocycles. The third-order valence-electron chi connectivity index (χ3n) is 2.72. The van der Waals surface area contributed by atoms with Gasteiger partial charge in [-0.05, 0) is 39.2 Å². The first-order valence-electron chi connectivity index (χ1n) is 5.45. The number of anilines is 1. The van der Waals surface area contributed by atoms with Crippen molar-refractivity contribution in [1.82, 2.24) is 9.62 Å². The van der Waals surface area contributed by atoms with Crippen LogP contribution in [0.15, 0.2) is 27.6 Å². The molecule has 1 rings (SSSR count). The van der Waals surface area contributed by atoms with Crippen molar-refractivity contribution in [2.45, 2.75) is 17.9 Å². The molecule has 5 nitrogen and oxygen atoms in total. The van der Waals surface area contributed by atoms with Crippen molar-refractivity contribution in [2.24, 2.45) is 0 Å². The van der Waals surface area contributed by atoms with Crippen molar-refractivity contribution in [1.29, 1.82) is 0 Å². The van der Waals surface area contributed by atoms with E-state index in [0.29, 0.717) is 11.0 Å². The number of sulfonamides is 1. The van der Waals surface area contributed by atoms with Gasteiger partial charge in [0.15, 0.2) is 0 Å². The fourth-order valence-electron chi connectivity index (χ4n) is 1.23. The molecular formula is C11H18BrN3O2S. The number of hydrogen-bond acceptors (Lipinski definition) is 4. The quantitative estimate of drug-likeness (QED) is 0.794. The van der Waals surface area contributed by atoms with E-state index >= 15 is 0 Å². The topological polar surface area (TPSA) is 75.4 Å². The van der Waals surface area contributed by atoms with Gasteiger partial charge in [0, 0.05) is 17.1 Å². The number of nitrogens with one attached hydrogen (secondary N) is 1. The summed E-state index contributed by atoms with van der Waals surface area (Å²) >= 11 is 3.24. The molecular weight excluding hydrogens is 318 g/mol. The van der Waals surface area contributed by atoms with Gasteiger partial charge in [-0.3, -0.25) is 0 Å². The number of nitrogens with zero attached hydrogens (tertiary/aromatic N) is 1. The number of nitrogens with two attached hydrogens (primary N) is 1. The van der Waals surface area contributed by atoms with Gasteiger partial charge in [-0.1, -0.05) is 15.9 Å². The van der Waals surface area contributed by atoms with Gasteiger partial charge in [0.05, 0.1) is 5.69 Å². The van der Waals surface area contributed by atoms with Crippen LogP contribution in [0, 0.1) is 0 Å². The fraction of sp³-hybridized carbons (Fsp3) is 0.455.